The summed E-state index contributed by atoms with van der Waals surface area (Å²) in [5.74, 6) is -0.548. The Hall–Kier alpha value is -2.14. The maximum atomic E-state index is 12.2. The van der Waals surface area contributed by atoms with E-state index in [1.54, 1.807) is 30.3 Å². The van der Waals surface area contributed by atoms with E-state index in [0.29, 0.717) is 11.3 Å². The Labute approximate surface area is 131 Å². The molecule has 0 unspecified atom stereocenters. The van der Waals surface area contributed by atoms with Gasteiger partial charge in [-0.2, -0.15) is 0 Å². The largest absolute Gasteiger partial charge is 0.369 e. The van der Waals surface area contributed by atoms with Gasteiger partial charge in [-0.25, -0.2) is 0 Å². The van der Waals surface area contributed by atoms with E-state index in [0.717, 1.165) is 15.6 Å². The van der Waals surface area contributed by atoms with Crippen LogP contribution in [0.25, 0.3) is 0 Å². The molecule has 0 saturated carbocycles. The fourth-order valence-electron chi connectivity index (χ4n) is 1.94. The average Bonchev–Trinajstić information content (AvgIpc) is 2.43. The van der Waals surface area contributed by atoms with Crippen LogP contribution in [0.1, 0.15) is 21.5 Å². The minimum Gasteiger partial charge on any atom is -0.369 e. The molecule has 0 heterocycles. The van der Waals surface area contributed by atoms with Crippen LogP contribution < -0.4 is 11.1 Å². The quantitative estimate of drug-likeness (QED) is 0.892. The number of aryl methyl sites for hydroxylation is 1. The molecule has 0 spiro atoms. The standard InChI is InChI=1S/C16H15BrN2O2/c1-10-2-5-12(17)9-14(10)16(21)19-13-6-3-11(4-7-13)8-15(18)20/h2-7,9H,8H2,1H3,(H2,18,20)(H,19,21). The van der Waals surface area contributed by atoms with E-state index in [4.69, 9.17) is 5.73 Å². The van der Waals surface area contributed by atoms with Crippen LogP contribution in [0.15, 0.2) is 46.9 Å². The Bertz CT molecular complexity index is 681. The smallest absolute Gasteiger partial charge is 0.255 e. The predicted octanol–water partition coefficient (Wildman–Crippen LogP) is 3.04. The molecule has 4 nitrogen and oxygen atoms in total. The molecule has 2 aromatic rings. The van der Waals surface area contributed by atoms with E-state index in [1.165, 1.54) is 0 Å². The first-order valence-electron chi connectivity index (χ1n) is 6.40. The summed E-state index contributed by atoms with van der Waals surface area (Å²) in [6.07, 6.45) is 0.193. The zero-order valence-corrected chi connectivity index (χ0v) is 13.1. The molecule has 3 N–H and O–H groups in total. The van der Waals surface area contributed by atoms with Gasteiger partial charge in [-0.1, -0.05) is 34.1 Å². The number of rotatable bonds is 4. The Balaban J connectivity index is 2.12. The number of hydrogen-bond acceptors (Lipinski definition) is 2. The molecule has 2 rings (SSSR count). The molecule has 2 aromatic carbocycles. The van der Waals surface area contributed by atoms with Gasteiger partial charge < -0.3 is 11.1 Å². The Kier molecular flexibility index (Phi) is 4.75. The van der Waals surface area contributed by atoms with E-state index in [9.17, 15) is 9.59 Å². The van der Waals surface area contributed by atoms with Gasteiger partial charge in [0.05, 0.1) is 6.42 Å². The van der Waals surface area contributed by atoms with Gasteiger partial charge in [-0.3, -0.25) is 9.59 Å². The molecule has 0 aliphatic heterocycles. The summed E-state index contributed by atoms with van der Waals surface area (Å²) in [4.78, 5) is 23.1. The van der Waals surface area contributed by atoms with Crippen molar-refractivity contribution >= 4 is 33.4 Å². The summed E-state index contributed by atoms with van der Waals surface area (Å²) in [6, 6.07) is 12.6. The summed E-state index contributed by atoms with van der Waals surface area (Å²) in [6.45, 7) is 1.89. The van der Waals surface area contributed by atoms with Crippen LogP contribution in [-0.2, 0) is 11.2 Å². The fraction of sp³-hybridized carbons (Fsp3) is 0.125. The summed E-state index contributed by atoms with van der Waals surface area (Å²) in [5, 5.41) is 2.83. The summed E-state index contributed by atoms with van der Waals surface area (Å²) >= 11 is 3.36. The average molecular weight is 347 g/mol. The Morgan fingerprint density at radius 3 is 2.43 bits per heavy atom. The van der Waals surface area contributed by atoms with Crippen molar-refractivity contribution in [3.63, 3.8) is 0 Å². The molecule has 0 radical (unpaired) electrons. The van der Waals surface area contributed by atoms with Crippen molar-refractivity contribution in [2.75, 3.05) is 5.32 Å². The maximum absolute atomic E-state index is 12.2. The van der Waals surface area contributed by atoms with Crippen LogP contribution in [0.4, 0.5) is 5.69 Å². The lowest BCUT2D eigenvalue weighted by atomic mass is 10.1. The number of primary amides is 1. The second-order valence-corrected chi connectivity index (χ2v) is 5.67. The SMILES string of the molecule is Cc1ccc(Br)cc1C(=O)Nc1ccc(CC(N)=O)cc1. The van der Waals surface area contributed by atoms with E-state index < -0.39 is 0 Å². The third-order valence-electron chi connectivity index (χ3n) is 3.03. The predicted molar refractivity (Wildman–Crippen MR) is 86.2 cm³/mol. The zero-order valence-electron chi connectivity index (χ0n) is 11.5. The number of carbonyl (C=O) groups is 2. The monoisotopic (exact) mass is 346 g/mol. The number of anilines is 1. The lowest BCUT2D eigenvalue weighted by Gasteiger charge is -2.09. The lowest BCUT2D eigenvalue weighted by molar-refractivity contribution is -0.117. The lowest BCUT2D eigenvalue weighted by Crippen LogP contribution is -2.14. The third kappa shape index (κ3) is 4.16. The molecular weight excluding hydrogens is 332 g/mol. The van der Waals surface area contributed by atoms with Gasteiger partial charge in [0.15, 0.2) is 0 Å². The molecule has 2 amide bonds. The number of halogens is 1. The van der Waals surface area contributed by atoms with Gasteiger partial charge in [0.2, 0.25) is 5.91 Å². The van der Waals surface area contributed by atoms with Gasteiger partial charge >= 0.3 is 0 Å². The van der Waals surface area contributed by atoms with Crippen LogP contribution in [0.3, 0.4) is 0 Å². The van der Waals surface area contributed by atoms with E-state index >= 15 is 0 Å². The highest BCUT2D eigenvalue weighted by Gasteiger charge is 2.10. The number of nitrogens with one attached hydrogen (secondary N) is 1. The highest BCUT2D eigenvalue weighted by molar-refractivity contribution is 9.10. The second kappa shape index (κ2) is 6.54. The van der Waals surface area contributed by atoms with Crippen LogP contribution in [-0.4, -0.2) is 11.8 Å². The van der Waals surface area contributed by atoms with E-state index in [-0.39, 0.29) is 18.2 Å². The van der Waals surface area contributed by atoms with Crippen molar-refractivity contribution in [2.45, 2.75) is 13.3 Å². The number of nitrogens with two attached hydrogens (primary N) is 1. The van der Waals surface area contributed by atoms with Gasteiger partial charge in [0, 0.05) is 15.7 Å². The summed E-state index contributed by atoms with van der Waals surface area (Å²) in [7, 11) is 0. The van der Waals surface area contributed by atoms with Gasteiger partial charge in [-0.15, -0.1) is 0 Å². The topological polar surface area (TPSA) is 72.2 Å². The molecule has 0 atom stereocenters. The number of carbonyl (C=O) groups excluding carboxylic acids is 2. The maximum Gasteiger partial charge on any atom is 0.255 e. The van der Waals surface area contributed by atoms with Crippen molar-refractivity contribution in [1.29, 1.82) is 0 Å². The van der Waals surface area contributed by atoms with Crippen LogP contribution in [0.2, 0.25) is 0 Å². The molecular formula is C16H15BrN2O2. The molecule has 0 bridgehead atoms. The zero-order chi connectivity index (χ0) is 15.4. The van der Waals surface area contributed by atoms with Crippen molar-refractivity contribution < 1.29 is 9.59 Å². The molecule has 0 aliphatic rings. The number of benzene rings is 2. The van der Waals surface area contributed by atoms with Crippen LogP contribution in [0, 0.1) is 6.92 Å². The van der Waals surface area contributed by atoms with Crippen molar-refractivity contribution in [1.82, 2.24) is 0 Å². The molecule has 5 heteroatoms. The first kappa shape index (κ1) is 15.3. The number of amides is 2. The molecule has 0 saturated heterocycles. The first-order chi connectivity index (χ1) is 9.95. The van der Waals surface area contributed by atoms with Crippen LogP contribution >= 0.6 is 15.9 Å². The van der Waals surface area contributed by atoms with Crippen molar-refractivity contribution in [3.05, 3.63) is 63.6 Å². The van der Waals surface area contributed by atoms with Crippen molar-refractivity contribution in [3.8, 4) is 0 Å². The first-order valence-corrected chi connectivity index (χ1v) is 7.20. The molecule has 21 heavy (non-hydrogen) atoms. The van der Waals surface area contributed by atoms with E-state index in [2.05, 4.69) is 21.2 Å². The van der Waals surface area contributed by atoms with Gasteiger partial charge in [0.1, 0.15) is 0 Å². The summed E-state index contributed by atoms with van der Waals surface area (Å²) in [5.41, 5.74) is 8.15. The second-order valence-electron chi connectivity index (χ2n) is 4.75. The summed E-state index contributed by atoms with van der Waals surface area (Å²) < 4.78 is 0.857. The van der Waals surface area contributed by atoms with Crippen molar-refractivity contribution in [2.24, 2.45) is 5.73 Å². The third-order valence-corrected chi connectivity index (χ3v) is 3.53. The molecule has 108 valence electrons. The minimum atomic E-state index is -0.378. The molecule has 0 aromatic heterocycles. The van der Waals surface area contributed by atoms with E-state index in [1.807, 2.05) is 19.1 Å². The Morgan fingerprint density at radius 1 is 1.14 bits per heavy atom. The van der Waals surface area contributed by atoms with Gasteiger partial charge in [-0.05, 0) is 42.3 Å². The number of hydrogen-bond donors (Lipinski definition) is 2. The van der Waals surface area contributed by atoms with Crippen LogP contribution in [0.5, 0.6) is 0 Å². The fourth-order valence-corrected chi connectivity index (χ4v) is 2.31. The molecule has 0 aliphatic carbocycles. The normalized spacial score (nSPS) is 10.2. The molecule has 0 fully saturated rings. The Morgan fingerprint density at radius 2 is 1.81 bits per heavy atom. The minimum absolute atomic E-state index is 0.170. The highest BCUT2D eigenvalue weighted by Crippen LogP contribution is 2.18. The van der Waals surface area contributed by atoms with Gasteiger partial charge in [0.25, 0.3) is 5.91 Å². The highest BCUT2D eigenvalue weighted by atomic mass is 79.9.